The molecule has 0 aromatic rings. The Morgan fingerprint density at radius 1 is 1.33 bits per heavy atom. The van der Waals surface area contributed by atoms with Crippen molar-refractivity contribution in [1.82, 2.24) is 0 Å². The van der Waals surface area contributed by atoms with Crippen LogP contribution in [-0.4, -0.2) is 28.0 Å². The van der Waals surface area contributed by atoms with Crippen LogP contribution < -0.4 is 5.73 Å². The Kier molecular flexibility index (Phi) is 4.26. The lowest BCUT2D eigenvalue weighted by Gasteiger charge is -2.54. The normalized spacial score (nSPS) is 42.1. The third-order valence-electron chi connectivity index (χ3n) is 7.55. The molecule has 0 radical (unpaired) electrons. The van der Waals surface area contributed by atoms with E-state index in [0.717, 1.165) is 40.7 Å². The van der Waals surface area contributed by atoms with E-state index in [9.17, 15) is 10.2 Å². The van der Waals surface area contributed by atoms with Crippen molar-refractivity contribution in [2.24, 2.45) is 29.4 Å². The molecule has 0 amide bonds. The Bertz CT molecular complexity index is 840. The van der Waals surface area contributed by atoms with E-state index in [1.807, 2.05) is 26.0 Å². The van der Waals surface area contributed by atoms with Crippen LogP contribution in [0.3, 0.4) is 0 Å². The molecule has 0 aromatic carbocycles. The van der Waals surface area contributed by atoms with Gasteiger partial charge in [-0.15, -0.1) is 0 Å². The number of nitrogens with two attached hydrogens (primary N) is 1. The molecule has 0 aliphatic heterocycles. The van der Waals surface area contributed by atoms with E-state index in [2.05, 4.69) is 32.2 Å². The van der Waals surface area contributed by atoms with Crippen molar-refractivity contribution in [3.8, 4) is 0 Å². The number of aliphatic hydroxyl groups excluding tert-OH is 1. The summed E-state index contributed by atoms with van der Waals surface area (Å²) < 4.78 is 0. The highest BCUT2D eigenvalue weighted by Crippen LogP contribution is 2.58. The van der Waals surface area contributed by atoms with Gasteiger partial charge in [-0.3, -0.25) is 0 Å². The predicted octanol–water partition coefficient (Wildman–Crippen LogP) is 3.58. The molecule has 4 aliphatic carbocycles. The average Bonchev–Trinajstić information content (AvgIpc) is 2.61. The maximum Gasteiger partial charge on any atom is 0.114 e. The van der Waals surface area contributed by atoms with E-state index in [4.69, 9.17) is 5.73 Å². The second-order valence-electron chi connectivity index (χ2n) is 8.84. The first-order chi connectivity index (χ1) is 12.7. The summed E-state index contributed by atoms with van der Waals surface area (Å²) in [6.45, 7) is 14.9. The number of rotatable bonds is 1. The molecule has 1 fully saturated rings. The van der Waals surface area contributed by atoms with E-state index < -0.39 is 11.7 Å². The molecule has 4 N–H and O–H groups in total. The lowest BCUT2D eigenvalue weighted by atomic mass is 9.52. The van der Waals surface area contributed by atoms with Gasteiger partial charge in [-0.25, -0.2) is 0 Å². The van der Waals surface area contributed by atoms with Crippen molar-refractivity contribution >= 4 is 0 Å². The molecule has 3 unspecified atom stereocenters. The monoisotopic (exact) mass is 365 g/mol. The molecular formula is C24H31NO2. The molecule has 144 valence electrons. The van der Waals surface area contributed by atoms with Crippen LogP contribution >= 0.6 is 0 Å². The summed E-state index contributed by atoms with van der Waals surface area (Å²) >= 11 is 0. The van der Waals surface area contributed by atoms with E-state index in [0.29, 0.717) is 11.8 Å². The van der Waals surface area contributed by atoms with Gasteiger partial charge < -0.3 is 15.9 Å². The van der Waals surface area contributed by atoms with Crippen molar-refractivity contribution in [1.29, 1.82) is 0 Å². The first-order valence-corrected chi connectivity index (χ1v) is 10.0. The van der Waals surface area contributed by atoms with E-state index in [1.54, 1.807) is 0 Å². The van der Waals surface area contributed by atoms with Crippen LogP contribution in [0.15, 0.2) is 70.9 Å². The van der Waals surface area contributed by atoms with Crippen LogP contribution in [0.25, 0.3) is 0 Å². The molecule has 7 atom stereocenters. The summed E-state index contributed by atoms with van der Waals surface area (Å²) in [4.78, 5) is 0. The van der Waals surface area contributed by atoms with Gasteiger partial charge in [0.1, 0.15) is 5.60 Å². The summed E-state index contributed by atoms with van der Waals surface area (Å²) in [5, 5.41) is 22.5. The van der Waals surface area contributed by atoms with Crippen LogP contribution in [0.1, 0.15) is 33.6 Å². The highest BCUT2D eigenvalue weighted by molar-refractivity contribution is 5.58. The average molecular weight is 366 g/mol. The summed E-state index contributed by atoms with van der Waals surface area (Å²) in [5.74, 6) is 0.660. The van der Waals surface area contributed by atoms with Crippen LogP contribution in [0.2, 0.25) is 0 Å². The summed E-state index contributed by atoms with van der Waals surface area (Å²) in [5.41, 5.74) is 11.1. The molecule has 0 bridgehead atoms. The molecular weight excluding hydrogens is 334 g/mol. The molecule has 4 aliphatic rings. The van der Waals surface area contributed by atoms with Gasteiger partial charge in [-0.1, -0.05) is 50.0 Å². The molecule has 3 nitrogen and oxygen atoms in total. The fourth-order valence-corrected chi connectivity index (χ4v) is 6.06. The fraction of sp³-hybridized carbons (Fsp3) is 0.500. The summed E-state index contributed by atoms with van der Waals surface area (Å²) in [6.07, 6.45) is 9.27. The maximum absolute atomic E-state index is 11.9. The minimum Gasteiger partial charge on any atom is -0.388 e. The van der Waals surface area contributed by atoms with Crippen molar-refractivity contribution < 1.29 is 10.2 Å². The second kappa shape index (κ2) is 6.16. The van der Waals surface area contributed by atoms with Gasteiger partial charge in [-0.2, -0.15) is 0 Å². The highest BCUT2D eigenvalue weighted by atomic mass is 16.3. The van der Waals surface area contributed by atoms with Gasteiger partial charge in [0, 0.05) is 12.0 Å². The minimum atomic E-state index is -1.07. The number of hydrogen-bond acceptors (Lipinski definition) is 3. The maximum atomic E-state index is 11.9. The molecule has 1 saturated carbocycles. The van der Waals surface area contributed by atoms with Crippen LogP contribution in [0.4, 0.5) is 0 Å². The third-order valence-corrected chi connectivity index (χ3v) is 7.55. The number of fused-ring (bicyclic) bond motifs is 3. The largest absolute Gasteiger partial charge is 0.388 e. The molecule has 0 aromatic heterocycles. The van der Waals surface area contributed by atoms with Crippen molar-refractivity contribution in [2.75, 3.05) is 0 Å². The lowest BCUT2D eigenvalue weighted by Crippen LogP contribution is -2.52. The molecule has 27 heavy (non-hydrogen) atoms. The Morgan fingerprint density at radius 2 is 2.04 bits per heavy atom. The number of allylic oxidation sites excluding steroid dienone is 4. The van der Waals surface area contributed by atoms with Gasteiger partial charge >= 0.3 is 0 Å². The lowest BCUT2D eigenvalue weighted by molar-refractivity contribution is 0.0213. The van der Waals surface area contributed by atoms with Crippen molar-refractivity contribution in [3.63, 3.8) is 0 Å². The van der Waals surface area contributed by atoms with Gasteiger partial charge in [0.25, 0.3) is 0 Å². The van der Waals surface area contributed by atoms with E-state index >= 15 is 0 Å². The van der Waals surface area contributed by atoms with Gasteiger partial charge in [0.05, 0.1) is 6.10 Å². The quantitative estimate of drug-likeness (QED) is 0.665. The zero-order valence-corrected chi connectivity index (χ0v) is 16.6. The third kappa shape index (κ3) is 2.38. The van der Waals surface area contributed by atoms with Gasteiger partial charge in [0.2, 0.25) is 0 Å². The molecule has 0 saturated heterocycles. The second-order valence-corrected chi connectivity index (χ2v) is 8.84. The minimum absolute atomic E-state index is 0.0911. The van der Waals surface area contributed by atoms with E-state index in [-0.39, 0.29) is 17.9 Å². The Morgan fingerprint density at radius 3 is 2.70 bits per heavy atom. The Labute approximate surface area is 162 Å². The topological polar surface area (TPSA) is 66.5 Å². The van der Waals surface area contributed by atoms with Crippen LogP contribution in [0, 0.1) is 23.7 Å². The fourth-order valence-electron chi connectivity index (χ4n) is 6.06. The first-order valence-electron chi connectivity index (χ1n) is 10.0. The SMILES string of the molecule is C=C1C2=C(C)[C@]3(O)C(=C)C([C@H](C)N)=CC[C@@H]3CC2[C@@H](C)C2=CC=CC(O)C12. The van der Waals surface area contributed by atoms with Gasteiger partial charge in [-0.05, 0) is 72.3 Å². The van der Waals surface area contributed by atoms with Crippen molar-refractivity contribution in [3.05, 3.63) is 70.9 Å². The van der Waals surface area contributed by atoms with Crippen LogP contribution in [0.5, 0.6) is 0 Å². The zero-order valence-electron chi connectivity index (χ0n) is 16.6. The van der Waals surface area contributed by atoms with Gasteiger partial charge in [0.15, 0.2) is 0 Å². The molecule has 3 heteroatoms. The zero-order chi connectivity index (χ0) is 19.7. The molecule has 4 rings (SSSR count). The summed E-state index contributed by atoms with van der Waals surface area (Å²) in [7, 11) is 0. The molecule has 0 heterocycles. The highest BCUT2D eigenvalue weighted by Gasteiger charge is 2.54. The van der Waals surface area contributed by atoms with Crippen LogP contribution in [-0.2, 0) is 0 Å². The smallest absolute Gasteiger partial charge is 0.114 e. The van der Waals surface area contributed by atoms with E-state index in [1.165, 1.54) is 5.57 Å². The summed E-state index contributed by atoms with van der Waals surface area (Å²) in [6, 6.07) is -0.147. The predicted molar refractivity (Wildman–Crippen MR) is 110 cm³/mol. The molecule has 0 spiro atoms. The Hall–Kier alpha value is -1.68. The standard InChI is InChI=1S/C24H31NO2/c1-12-18-7-6-8-21(26)23(18)13(2)22-15(4)24(27)14(3)19(16(5)25)10-9-17(24)11-20(12)22/h6-8,10,12,16-17,20-21,23,26-27H,2-3,9,11,25H2,1,4-5H3/t12-,16-,17+,20?,21?,23?,24+/m0/s1. The number of aliphatic hydroxyl groups is 2. The first kappa shape index (κ1) is 18.7. The van der Waals surface area contributed by atoms with Crippen molar-refractivity contribution in [2.45, 2.75) is 51.4 Å². The Balaban J connectivity index is 1.86. The number of hydrogen-bond donors (Lipinski definition) is 3.